The largest absolute Gasteiger partial charge is 0.462 e. The number of nitrogens with one attached hydrogen (secondary N) is 1. The Hall–Kier alpha value is -1.51. The number of ether oxygens (including phenoxy) is 2. The third kappa shape index (κ3) is 3.93. The summed E-state index contributed by atoms with van der Waals surface area (Å²) in [5, 5.41) is 0.561. The molecule has 2 aromatic rings. The van der Waals surface area contributed by atoms with Gasteiger partial charge in [-0.25, -0.2) is 4.79 Å². The first-order valence-electron chi connectivity index (χ1n) is 8.05. The van der Waals surface area contributed by atoms with E-state index in [2.05, 4.69) is 4.98 Å². The molecule has 2 heterocycles. The molecule has 0 aliphatic rings. The van der Waals surface area contributed by atoms with Gasteiger partial charge in [0.1, 0.15) is 17.5 Å². The summed E-state index contributed by atoms with van der Waals surface area (Å²) in [4.78, 5) is 30.1. The third-order valence-electron chi connectivity index (χ3n) is 3.67. The molecule has 2 aromatic heterocycles. The second-order valence-corrected chi connectivity index (χ2v) is 6.73. The number of fused-ring (bicyclic) bond motifs is 1. The van der Waals surface area contributed by atoms with E-state index in [0.29, 0.717) is 25.0 Å². The average molecular weight is 370 g/mol. The highest BCUT2D eigenvalue weighted by Crippen LogP contribution is 2.23. The number of aryl methyl sites for hydroxylation is 1. The molecule has 1 atom stereocenters. The zero-order valence-electron chi connectivity index (χ0n) is 14.1. The van der Waals surface area contributed by atoms with Crippen LogP contribution in [0.5, 0.6) is 0 Å². The predicted molar refractivity (Wildman–Crippen MR) is 97.4 cm³/mol. The SMILES string of the molecule is CCOCCOC(=O)C(CC)n1c(=S)[nH]c2sc(CC)cc2c1=O. The fourth-order valence-corrected chi connectivity index (χ4v) is 3.79. The molecule has 0 aromatic carbocycles. The first kappa shape index (κ1) is 18.8. The van der Waals surface area contributed by atoms with E-state index < -0.39 is 12.0 Å². The second-order valence-electron chi connectivity index (χ2n) is 5.20. The molecular weight excluding hydrogens is 348 g/mol. The van der Waals surface area contributed by atoms with E-state index in [4.69, 9.17) is 21.7 Å². The maximum Gasteiger partial charge on any atom is 0.329 e. The molecule has 8 heteroatoms. The highest BCUT2D eigenvalue weighted by atomic mass is 32.1. The van der Waals surface area contributed by atoms with E-state index in [1.165, 1.54) is 15.9 Å². The molecule has 1 N–H and O–H groups in total. The van der Waals surface area contributed by atoms with Crippen LogP contribution in [-0.2, 0) is 20.7 Å². The van der Waals surface area contributed by atoms with Gasteiger partial charge in [-0.3, -0.25) is 9.36 Å². The van der Waals surface area contributed by atoms with E-state index in [1.54, 1.807) is 0 Å². The molecule has 0 aliphatic heterocycles. The van der Waals surface area contributed by atoms with Crippen LogP contribution in [-0.4, -0.2) is 35.3 Å². The zero-order chi connectivity index (χ0) is 17.7. The van der Waals surface area contributed by atoms with Gasteiger partial charge < -0.3 is 14.5 Å². The summed E-state index contributed by atoms with van der Waals surface area (Å²) in [5.74, 6) is -0.468. The van der Waals surface area contributed by atoms with Gasteiger partial charge in [-0.1, -0.05) is 13.8 Å². The van der Waals surface area contributed by atoms with Gasteiger partial charge in [0.05, 0.1) is 12.0 Å². The molecule has 2 rings (SSSR count). The minimum atomic E-state index is -0.739. The molecule has 0 saturated carbocycles. The lowest BCUT2D eigenvalue weighted by molar-refractivity contribution is -0.149. The van der Waals surface area contributed by atoms with Gasteiger partial charge in [-0.05, 0) is 38.0 Å². The number of aromatic nitrogens is 2. The van der Waals surface area contributed by atoms with Gasteiger partial charge >= 0.3 is 5.97 Å². The van der Waals surface area contributed by atoms with Gasteiger partial charge in [0.25, 0.3) is 5.56 Å². The quantitative estimate of drug-likeness (QED) is 0.439. The van der Waals surface area contributed by atoms with Crippen molar-refractivity contribution in [2.75, 3.05) is 19.8 Å². The van der Waals surface area contributed by atoms with Crippen molar-refractivity contribution >= 4 is 39.7 Å². The topological polar surface area (TPSA) is 73.3 Å². The Morgan fingerprint density at radius 1 is 1.38 bits per heavy atom. The lowest BCUT2D eigenvalue weighted by atomic mass is 10.2. The normalized spacial score (nSPS) is 12.5. The van der Waals surface area contributed by atoms with Gasteiger partial charge in [0.15, 0.2) is 4.77 Å². The lowest BCUT2D eigenvalue weighted by Crippen LogP contribution is -2.32. The van der Waals surface area contributed by atoms with Crippen LogP contribution < -0.4 is 5.56 Å². The number of hydrogen-bond acceptors (Lipinski definition) is 6. The van der Waals surface area contributed by atoms with Gasteiger partial charge in [0.2, 0.25) is 0 Å². The van der Waals surface area contributed by atoms with E-state index >= 15 is 0 Å². The third-order valence-corrected chi connectivity index (χ3v) is 5.16. The van der Waals surface area contributed by atoms with Crippen LogP contribution in [0, 0.1) is 4.77 Å². The van der Waals surface area contributed by atoms with Gasteiger partial charge in [-0.15, -0.1) is 11.3 Å². The molecule has 0 spiro atoms. The van der Waals surface area contributed by atoms with Gasteiger partial charge in [0, 0.05) is 11.5 Å². The predicted octanol–water partition coefficient (Wildman–Crippen LogP) is 3.21. The van der Waals surface area contributed by atoms with Crippen LogP contribution in [0.1, 0.15) is 38.1 Å². The van der Waals surface area contributed by atoms with E-state index in [0.717, 1.165) is 16.1 Å². The maximum absolute atomic E-state index is 12.8. The van der Waals surface area contributed by atoms with Crippen molar-refractivity contribution in [2.24, 2.45) is 0 Å². The highest BCUT2D eigenvalue weighted by molar-refractivity contribution is 7.71. The number of esters is 1. The molecule has 0 bridgehead atoms. The summed E-state index contributed by atoms with van der Waals surface area (Å²) in [5.41, 5.74) is -0.252. The van der Waals surface area contributed by atoms with Crippen molar-refractivity contribution < 1.29 is 14.3 Å². The van der Waals surface area contributed by atoms with Crippen LogP contribution in [0.4, 0.5) is 0 Å². The molecular formula is C16H22N2O4S2. The molecule has 0 radical (unpaired) electrons. The number of aromatic amines is 1. The number of hydrogen-bond donors (Lipinski definition) is 1. The summed E-state index contributed by atoms with van der Waals surface area (Å²) in [6.07, 6.45) is 1.26. The van der Waals surface area contributed by atoms with E-state index in [1.807, 2.05) is 26.8 Å². The summed E-state index contributed by atoms with van der Waals surface area (Å²) in [6.45, 7) is 6.79. The molecule has 24 heavy (non-hydrogen) atoms. The molecule has 0 aliphatic carbocycles. The average Bonchev–Trinajstić information content (AvgIpc) is 2.98. The van der Waals surface area contributed by atoms with Crippen molar-refractivity contribution in [3.05, 3.63) is 26.1 Å². The van der Waals surface area contributed by atoms with E-state index in [-0.39, 0.29) is 16.9 Å². The second kappa shape index (κ2) is 8.55. The number of rotatable bonds is 8. The summed E-state index contributed by atoms with van der Waals surface area (Å²) >= 11 is 6.82. The number of nitrogens with zero attached hydrogens (tertiary/aromatic N) is 1. The van der Waals surface area contributed by atoms with Crippen molar-refractivity contribution in [1.82, 2.24) is 9.55 Å². The highest BCUT2D eigenvalue weighted by Gasteiger charge is 2.24. The van der Waals surface area contributed by atoms with Crippen LogP contribution in [0.25, 0.3) is 10.2 Å². The number of H-pyrrole nitrogens is 1. The number of carbonyl (C=O) groups is 1. The smallest absolute Gasteiger partial charge is 0.329 e. The molecule has 0 saturated heterocycles. The van der Waals surface area contributed by atoms with Crippen LogP contribution >= 0.6 is 23.6 Å². The van der Waals surface area contributed by atoms with Crippen molar-refractivity contribution in [2.45, 2.75) is 39.7 Å². The maximum atomic E-state index is 12.8. The first-order valence-corrected chi connectivity index (χ1v) is 9.27. The molecule has 132 valence electrons. The fraction of sp³-hybridized carbons (Fsp3) is 0.562. The summed E-state index contributed by atoms with van der Waals surface area (Å²) in [7, 11) is 0. The van der Waals surface area contributed by atoms with Crippen molar-refractivity contribution in [3.8, 4) is 0 Å². The minimum absolute atomic E-state index is 0.162. The Morgan fingerprint density at radius 3 is 2.75 bits per heavy atom. The van der Waals surface area contributed by atoms with E-state index in [9.17, 15) is 9.59 Å². The Labute approximate surface area is 149 Å². The van der Waals surface area contributed by atoms with Crippen molar-refractivity contribution in [3.63, 3.8) is 0 Å². The molecule has 6 nitrogen and oxygen atoms in total. The van der Waals surface area contributed by atoms with Crippen LogP contribution in [0.2, 0.25) is 0 Å². The summed E-state index contributed by atoms with van der Waals surface area (Å²) < 4.78 is 11.9. The Morgan fingerprint density at radius 2 is 2.12 bits per heavy atom. The zero-order valence-corrected chi connectivity index (χ0v) is 15.7. The van der Waals surface area contributed by atoms with Crippen LogP contribution in [0.15, 0.2) is 10.9 Å². The van der Waals surface area contributed by atoms with Gasteiger partial charge in [-0.2, -0.15) is 0 Å². The number of thiophene rings is 1. The minimum Gasteiger partial charge on any atom is -0.462 e. The van der Waals surface area contributed by atoms with Crippen LogP contribution in [0.3, 0.4) is 0 Å². The Balaban J connectivity index is 2.35. The Kier molecular flexibility index (Phi) is 6.70. The molecule has 0 amide bonds. The van der Waals surface area contributed by atoms with Crippen molar-refractivity contribution in [1.29, 1.82) is 0 Å². The molecule has 1 unspecified atom stereocenters. The Bertz CT molecular complexity index is 822. The number of carbonyl (C=O) groups excluding carboxylic acids is 1. The summed E-state index contributed by atoms with van der Waals surface area (Å²) in [6, 6.07) is 1.12. The first-order chi connectivity index (χ1) is 11.5. The monoisotopic (exact) mass is 370 g/mol. The molecule has 0 fully saturated rings. The fourth-order valence-electron chi connectivity index (χ4n) is 2.43. The standard InChI is InChI=1S/C16H22N2O4S2/c1-4-10-9-11-13(24-10)17-16(23)18(14(11)19)12(5-2)15(20)22-8-7-21-6-3/h9,12H,4-8H2,1-3H3,(H,17,23). The lowest BCUT2D eigenvalue weighted by Gasteiger charge is -2.17.